The van der Waals surface area contributed by atoms with E-state index in [-0.39, 0.29) is 11.1 Å². The molecule has 6 heteroatoms. The number of rotatable bonds is 6. The number of nitrogens with one attached hydrogen (secondary N) is 2. The fourth-order valence-electron chi connectivity index (χ4n) is 2.43. The van der Waals surface area contributed by atoms with Gasteiger partial charge in [0.15, 0.2) is 5.69 Å². The van der Waals surface area contributed by atoms with Crippen molar-refractivity contribution >= 4 is 17.6 Å². The van der Waals surface area contributed by atoms with E-state index in [0.29, 0.717) is 11.4 Å². The minimum absolute atomic E-state index is 0.225. The van der Waals surface area contributed by atoms with Gasteiger partial charge in [-0.25, -0.2) is 4.68 Å². The van der Waals surface area contributed by atoms with E-state index < -0.39 is 0 Å². The number of anilines is 1. The lowest BCUT2D eigenvalue weighted by molar-refractivity contribution is 0.414. The maximum absolute atomic E-state index is 12.4. The van der Waals surface area contributed by atoms with Crippen LogP contribution in [0.2, 0.25) is 0 Å². The number of aromatic nitrogens is 2. The van der Waals surface area contributed by atoms with Crippen molar-refractivity contribution in [3.63, 3.8) is 0 Å². The van der Waals surface area contributed by atoms with Gasteiger partial charge in [0.05, 0.1) is 18.5 Å². The van der Waals surface area contributed by atoms with E-state index in [1.165, 1.54) is 12.1 Å². The van der Waals surface area contributed by atoms with Gasteiger partial charge >= 0.3 is 0 Å². The van der Waals surface area contributed by atoms with Crippen molar-refractivity contribution in [1.82, 2.24) is 9.78 Å². The molecular weight excluding hydrogens is 328 g/mol. The summed E-state index contributed by atoms with van der Waals surface area (Å²) in [5, 5.41) is 15.0. The zero-order valence-corrected chi connectivity index (χ0v) is 14.2. The topological polar surface area (TPSA) is 80.0 Å². The molecule has 26 heavy (non-hydrogen) atoms. The molecular formula is C20H18N4O2. The Labute approximate surface area is 150 Å². The smallest absolute Gasteiger partial charge is 0.209 e. The molecule has 0 bridgehead atoms. The van der Waals surface area contributed by atoms with Gasteiger partial charge in [-0.05, 0) is 30.3 Å². The molecule has 0 amide bonds. The Bertz CT molecular complexity index is 994. The highest BCUT2D eigenvalue weighted by Gasteiger charge is 2.10. The van der Waals surface area contributed by atoms with Crippen LogP contribution >= 0.6 is 0 Å². The summed E-state index contributed by atoms with van der Waals surface area (Å²) in [5.74, 6) is 0.696. The molecule has 0 atom stereocenters. The lowest BCUT2D eigenvalue weighted by atomic mass is 10.2. The molecule has 6 nitrogen and oxygen atoms in total. The SMILES string of the molecule is COc1cccc(-n2ccc(=O)c(/C(=C/C=N)Nc3ccccc3)n2)c1. The van der Waals surface area contributed by atoms with Gasteiger partial charge in [-0.2, -0.15) is 5.10 Å². The third-order valence-electron chi connectivity index (χ3n) is 3.68. The van der Waals surface area contributed by atoms with Gasteiger partial charge in [-0.15, -0.1) is 0 Å². The summed E-state index contributed by atoms with van der Waals surface area (Å²) in [4.78, 5) is 12.4. The molecule has 0 saturated carbocycles. The number of allylic oxidation sites excluding steroid dienone is 1. The van der Waals surface area contributed by atoms with Crippen LogP contribution in [0.4, 0.5) is 5.69 Å². The standard InChI is InChI=1S/C20H18N4O2/c1-26-17-9-5-8-16(14-17)24-13-11-19(25)20(23-24)18(10-12-21)22-15-6-3-2-4-7-15/h2-14,21-22H,1H3/b18-10-,21-12?. The van der Waals surface area contributed by atoms with E-state index in [0.717, 1.165) is 17.6 Å². The van der Waals surface area contributed by atoms with Crippen molar-refractivity contribution in [1.29, 1.82) is 5.41 Å². The molecule has 0 unspecified atom stereocenters. The van der Waals surface area contributed by atoms with E-state index in [1.54, 1.807) is 18.0 Å². The van der Waals surface area contributed by atoms with Crippen molar-refractivity contribution in [3.05, 3.63) is 88.9 Å². The number of hydrogen-bond donors (Lipinski definition) is 2. The Balaban J connectivity index is 2.03. The third-order valence-corrected chi connectivity index (χ3v) is 3.68. The van der Waals surface area contributed by atoms with Crippen LogP contribution in [0.15, 0.2) is 77.7 Å². The van der Waals surface area contributed by atoms with Crippen LogP contribution < -0.4 is 15.5 Å². The quantitative estimate of drug-likeness (QED) is 0.671. The van der Waals surface area contributed by atoms with Crippen molar-refractivity contribution in [2.24, 2.45) is 0 Å². The Morgan fingerprint density at radius 1 is 1.15 bits per heavy atom. The number of benzene rings is 2. The van der Waals surface area contributed by atoms with Crippen LogP contribution in [0.1, 0.15) is 5.69 Å². The van der Waals surface area contributed by atoms with Gasteiger partial charge in [0.25, 0.3) is 0 Å². The van der Waals surface area contributed by atoms with Crippen LogP contribution in [-0.2, 0) is 0 Å². The molecule has 3 aromatic rings. The first-order chi connectivity index (χ1) is 12.7. The molecule has 0 aliphatic heterocycles. The Hall–Kier alpha value is -3.67. The normalized spacial score (nSPS) is 11.0. The van der Waals surface area contributed by atoms with Crippen LogP contribution in [-0.4, -0.2) is 23.1 Å². The molecule has 1 heterocycles. The largest absolute Gasteiger partial charge is 0.497 e. The van der Waals surface area contributed by atoms with E-state index in [2.05, 4.69) is 10.4 Å². The van der Waals surface area contributed by atoms with Gasteiger partial charge in [0.1, 0.15) is 5.75 Å². The number of hydrogen-bond acceptors (Lipinski definition) is 5. The summed E-state index contributed by atoms with van der Waals surface area (Å²) in [7, 11) is 1.60. The van der Waals surface area contributed by atoms with Crippen molar-refractivity contribution < 1.29 is 4.74 Å². The molecule has 0 aliphatic rings. The van der Waals surface area contributed by atoms with E-state index in [4.69, 9.17) is 10.1 Å². The number of methoxy groups -OCH3 is 1. The molecule has 0 spiro atoms. The van der Waals surface area contributed by atoms with Gasteiger partial charge < -0.3 is 15.5 Å². The summed E-state index contributed by atoms with van der Waals surface area (Å²) >= 11 is 0. The second-order valence-electron chi connectivity index (χ2n) is 5.41. The summed E-state index contributed by atoms with van der Waals surface area (Å²) in [6, 6.07) is 18.3. The highest BCUT2D eigenvalue weighted by Crippen LogP contribution is 2.17. The summed E-state index contributed by atoms with van der Waals surface area (Å²) in [5.41, 5.74) is 2.01. The lowest BCUT2D eigenvalue weighted by Crippen LogP contribution is -2.18. The first-order valence-corrected chi connectivity index (χ1v) is 7.99. The molecule has 130 valence electrons. The number of nitrogens with zero attached hydrogens (tertiary/aromatic N) is 2. The van der Waals surface area contributed by atoms with Crippen LogP contribution in [0.5, 0.6) is 5.75 Å². The zero-order valence-electron chi connectivity index (χ0n) is 14.2. The number of ether oxygens (including phenoxy) is 1. The minimum Gasteiger partial charge on any atom is -0.497 e. The maximum Gasteiger partial charge on any atom is 0.209 e. The molecule has 2 N–H and O–H groups in total. The minimum atomic E-state index is -0.235. The maximum atomic E-state index is 12.4. The molecule has 1 aromatic heterocycles. The van der Waals surface area contributed by atoms with E-state index >= 15 is 0 Å². The third kappa shape index (κ3) is 3.87. The fourth-order valence-corrected chi connectivity index (χ4v) is 2.43. The van der Waals surface area contributed by atoms with Gasteiger partial charge in [0, 0.05) is 30.2 Å². The average Bonchev–Trinajstić information content (AvgIpc) is 2.69. The Morgan fingerprint density at radius 3 is 2.69 bits per heavy atom. The zero-order chi connectivity index (χ0) is 18.4. The van der Waals surface area contributed by atoms with Crippen molar-refractivity contribution in [2.45, 2.75) is 0 Å². The van der Waals surface area contributed by atoms with Crippen LogP contribution in [0.25, 0.3) is 11.4 Å². The van der Waals surface area contributed by atoms with E-state index in [1.807, 2.05) is 54.6 Å². The molecule has 0 fully saturated rings. The van der Waals surface area contributed by atoms with Gasteiger partial charge in [-0.1, -0.05) is 24.3 Å². The van der Waals surface area contributed by atoms with Gasteiger partial charge in [-0.3, -0.25) is 4.79 Å². The first kappa shape index (κ1) is 17.2. The summed E-state index contributed by atoms with van der Waals surface area (Å²) in [6.45, 7) is 0. The molecule has 2 aromatic carbocycles. The van der Waals surface area contributed by atoms with Gasteiger partial charge in [0.2, 0.25) is 5.43 Å². The molecule has 0 radical (unpaired) electrons. The molecule has 3 rings (SSSR count). The Kier molecular flexibility index (Phi) is 5.24. The Morgan fingerprint density at radius 2 is 1.96 bits per heavy atom. The summed E-state index contributed by atoms with van der Waals surface area (Å²) < 4.78 is 6.84. The van der Waals surface area contributed by atoms with Crippen molar-refractivity contribution in [2.75, 3.05) is 12.4 Å². The molecule has 0 saturated heterocycles. The molecule has 0 aliphatic carbocycles. The van der Waals surface area contributed by atoms with Crippen molar-refractivity contribution in [3.8, 4) is 11.4 Å². The highest BCUT2D eigenvalue weighted by atomic mass is 16.5. The highest BCUT2D eigenvalue weighted by molar-refractivity contribution is 5.86. The second kappa shape index (κ2) is 7.94. The first-order valence-electron chi connectivity index (χ1n) is 7.99. The van der Waals surface area contributed by atoms with E-state index in [9.17, 15) is 4.79 Å². The second-order valence-corrected chi connectivity index (χ2v) is 5.41. The predicted octanol–water partition coefficient (Wildman–Crippen LogP) is 3.34. The van der Waals surface area contributed by atoms with Crippen LogP contribution in [0, 0.1) is 5.41 Å². The monoisotopic (exact) mass is 346 g/mol. The predicted molar refractivity (Wildman–Crippen MR) is 103 cm³/mol. The fraction of sp³-hybridized carbons (Fsp3) is 0.0500. The lowest BCUT2D eigenvalue weighted by Gasteiger charge is -2.12. The number of para-hydroxylation sites is 1. The van der Waals surface area contributed by atoms with Crippen LogP contribution in [0.3, 0.4) is 0 Å². The average molecular weight is 346 g/mol. The summed E-state index contributed by atoms with van der Waals surface area (Å²) in [6.07, 6.45) is 4.23.